The zero-order chi connectivity index (χ0) is 13.1. The lowest BCUT2D eigenvalue weighted by Crippen LogP contribution is -2.42. The predicted molar refractivity (Wildman–Crippen MR) is 66.9 cm³/mol. The van der Waals surface area contributed by atoms with Crippen molar-refractivity contribution in [3.05, 3.63) is 24.2 Å². The molecule has 1 heterocycles. The number of aryl methyl sites for hydroxylation is 1. The zero-order valence-electron chi connectivity index (χ0n) is 10.8. The average molecular weight is 260 g/mol. The van der Waals surface area contributed by atoms with E-state index >= 15 is 0 Å². The molecule has 0 aliphatic carbocycles. The third-order valence-electron chi connectivity index (χ3n) is 2.83. The number of hydrogen-bond acceptors (Lipinski definition) is 3. The van der Waals surface area contributed by atoms with Gasteiger partial charge in [0, 0.05) is 33.6 Å². The van der Waals surface area contributed by atoms with Gasteiger partial charge in [0.05, 0.1) is 6.26 Å². The van der Waals surface area contributed by atoms with Crippen LogP contribution in [-0.2, 0) is 16.6 Å². The summed E-state index contributed by atoms with van der Waals surface area (Å²) in [6.45, 7) is 1.89. The molecule has 6 heteroatoms. The van der Waals surface area contributed by atoms with Crippen molar-refractivity contribution in [1.29, 1.82) is 0 Å². The second-order valence-corrected chi connectivity index (χ2v) is 6.48. The summed E-state index contributed by atoms with van der Waals surface area (Å²) in [7, 11) is 1.33. The van der Waals surface area contributed by atoms with Gasteiger partial charge in [-0.2, -0.15) is 17.0 Å². The molecule has 0 spiro atoms. The van der Waals surface area contributed by atoms with Gasteiger partial charge in [0.15, 0.2) is 0 Å². The van der Waals surface area contributed by atoms with Crippen molar-refractivity contribution in [3.63, 3.8) is 0 Å². The quantitative estimate of drug-likeness (QED) is 0.775. The summed E-state index contributed by atoms with van der Waals surface area (Å²) in [6, 6.07) is 3.67. The molecule has 1 aromatic heterocycles. The van der Waals surface area contributed by atoms with E-state index in [1.807, 2.05) is 19.1 Å². The minimum Gasteiger partial charge on any atom is -0.469 e. The molecular formula is C11H20N2O3S. The molecule has 0 N–H and O–H groups in total. The Morgan fingerprint density at radius 1 is 1.35 bits per heavy atom. The van der Waals surface area contributed by atoms with Crippen molar-refractivity contribution >= 4 is 10.2 Å². The van der Waals surface area contributed by atoms with Crippen LogP contribution in [0.5, 0.6) is 0 Å². The molecule has 0 bridgehead atoms. The topological polar surface area (TPSA) is 53.8 Å². The molecule has 1 unspecified atom stereocenters. The second-order valence-electron chi connectivity index (χ2n) is 4.27. The molecule has 1 rings (SSSR count). The van der Waals surface area contributed by atoms with E-state index in [0.29, 0.717) is 0 Å². The number of hydrogen-bond donors (Lipinski definition) is 0. The van der Waals surface area contributed by atoms with Crippen LogP contribution in [-0.4, -0.2) is 44.2 Å². The molecule has 0 aromatic carbocycles. The molecule has 98 valence electrons. The maximum atomic E-state index is 11.9. The van der Waals surface area contributed by atoms with Crippen LogP contribution >= 0.6 is 0 Å². The number of nitrogens with zero attached hydrogens (tertiary/aromatic N) is 2. The van der Waals surface area contributed by atoms with Gasteiger partial charge < -0.3 is 4.42 Å². The second kappa shape index (κ2) is 5.66. The molecule has 0 saturated carbocycles. The third kappa shape index (κ3) is 3.55. The predicted octanol–water partition coefficient (Wildman–Crippen LogP) is 1.34. The van der Waals surface area contributed by atoms with Gasteiger partial charge in [0.1, 0.15) is 5.76 Å². The van der Waals surface area contributed by atoms with Gasteiger partial charge >= 0.3 is 0 Å². The summed E-state index contributed by atoms with van der Waals surface area (Å²) in [4.78, 5) is 0. The van der Waals surface area contributed by atoms with Gasteiger partial charge in [-0.3, -0.25) is 0 Å². The molecule has 0 fully saturated rings. The fourth-order valence-electron chi connectivity index (χ4n) is 1.47. The van der Waals surface area contributed by atoms with Crippen LogP contribution in [0, 0.1) is 0 Å². The Balaban J connectivity index is 2.56. The third-order valence-corrected chi connectivity index (χ3v) is 4.85. The summed E-state index contributed by atoms with van der Waals surface area (Å²) >= 11 is 0. The first kappa shape index (κ1) is 14.2. The molecule has 1 aromatic rings. The highest BCUT2D eigenvalue weighted by molar-refractivity contribution is 7.86. The van der Waals surface area contributed by atoms with Crippen molar-refractivity contribution < 1.29 is 12.8 Å². The first-order valence-electron chi connectivity index (χ1n) is 5.53. The van der Waals surface area contributed by atoms with Crippen molar-refractivity contribution in [2.75, 3.05) is 21.1 Å². The van der Waals surface area contributed by atoms with Gasteiger partial charge in [-0.25, -0.2) is 0 Å². The largest absolute Gasteiger partial charge is 0.469 e. The highest BCUT2D eigenvalue weighted by atomic mass is 32.2. The van der Waals surface area contributed by atoms with E-state index in [9.17, 15) is 8.42 Å². The molecule has 17 heavy (non-hydrogen) atoms. The Morgan fingerprint density at radius 2 is 2.00 bits per heavy atom. The van der Waals surface area contributed by atoms with E-state index in [0.717, 1.165) is 18.6 Å². The van der Waals surface area contributed by atoms with Crippen molar-refractivity contribution in [2.45, 2.75) is 25.8 Å². The van der Waals surface area contributed by atoms with Gasteiger partial charge in [0.2, 0.25) is 0 Å². The lowest BCUT2D eigenvalue weighted by molar-refractivity contribution is 0.338. The Hall–Kier alpha value is -0.850. The molecule has 1 atom stereocenters. The van der Waals surface area contributed by atoms with E-state index in [1.165, 1.54) is 22.7 Å². The smallest absolute Gasteiger partial charge is 0.281 e. The van der Waals surface area contributed by atoms with Gasteiger partial charge in [-0.1, -0.05) is 0 Å². The summed E-state index contributed by atoms with van der Waals surface area (Å²) in [5.41, 5.74) is 0. The van der Waals surface area contributed by atoms with Gasteiger partial charge in [-0.05, 0) is 25.5 Å². The Morgan fingerprint density at radius 3 is 2.47 bits per heavy atom. The summed E-state index contributed by atoms with van der Waals surface area (Å²) in [5.74, 6) is 0.882. The first-order chi connectivity index (χ1) is 7.85. The maximum Gasteiger partial charge on any atom is 0.281 e. The minimum absolute atomic E-state index is 0.0625. The van der Waals surface area contributed by atoms with E-state index in [-0.39, 0.29) is 6.04 Å². The molecule has 0 aliphatic heterocycles. The highest BCUT2D eigenvalue weighted by Gasteiger charge is 2.25. The lowest BCUT2D eigenvalue weighted by Gasteiger charge is -2.26. The number of rotatable bonds is 6. The van der Waals surface area contributed by atoms with E-state index in [2.05, 4.69) is 0 Å². The van der Waals surface area contributed by atoms with E-state index in [4.69, 9.17) is 4.42 Å². The molecular weight excluding hydrogens is 240 g/mol. The summed E-state index contributed by atoms with van der Waals surface area (Å²) in [5, 5.41) is 0. The van der Waals surface area contributed by atoms with Crippen LogP contribution in [0.4, 0.5) is 0 Å². The minimum atomic E-state index is -3.33. The van der Waals surface area contributed by atoms with Crippen molar-refractivity contribution in [3.8, 4) is 0 Å². The van der Waals surface area contributed by atoms with Crippen molar-refractivity contribution in [1.82, 2.24) is 8.61 Å². The first-order valence-corrected chi connectivity index (χ1v) is 6.93. The standard InChI is InChI=1S/C11H20N2O3S/c1-10(7-8-11-6-5-9-16-11)13(4)17(14,15)12(2)3/h5-6,9-10H,7-8H2,1-4H3. The molecule has 0 aliphatic rings. The molecule has 0 radical (unpaired) electrons. The van der Waals surface area contributed by atoms with Gasteiger partial charge in [0.25, 0.3) is 10.2 Å². The Labute approximate surface area is 103 Å². The summed E-state index contributed by atoms with van der Waals surface area (Å²) in [6.07, 6.45) is 3.10. The fourth-order valence-corrected chi connectivity index (χ4v) is 2.55. The lowest BCUT2D eigenvalue weighted by atomic mass is 10.1. The normalized spacial score (nSPS) is 14.5. The number of furan rings is 1. The maximum absolute atomic E-state index is 11.9. The van der Waals surface area contributed by atoms with E-state index < -0.39 is 10.2 Å². The fraction of sp³-hybridized carbons (Fsp3) is 0.636. The van der Waals surface area contributed by atoms with E-state index in [1.54, 1.807) is 13.3 Å². The zero-order valence-corrected chi connectivity index (χ0v) is 11.6. The van der Waals surface area contributed by atoms with Gasteiger partial charge in [-0.15, -0.1) is 0 Å². The van der Waals surface area contributed by atoms with Crippen LogP contribution in [0.25, 0.3) is 0 Å². The van der Waals surface area contributed by atoms with Crippen LogP contribution < -0.4 is 0 Å². The van der Waals surface area contributed by atoms with Crippen molar-refractivity contribution in [2.24, 2.45) is 0 Å². The molecule has 5 nitrogen and oxygen atoms in total. The SMILES string of the molecule is CC(CCc1ccco1)N(C)S(=O)(=O)N(C)C. The van der Waals surface area contributed by atoms with Crippen LogP contribution in [0.15, 0.2) is 22.8 Å². The average Bonchev–Trinajstić information content (AvgIpc) is 2.77. The monoisotopic (exact) mass is 260 g/mol. The Kier molecular flexibility index (Phi) is 4.73. The van der Waals surface area contributed by atoms with Crippen LogP contribution in [0.3, 0.4) is 0 Å². The van der Waals surface area contributed by atoms with Crippen LogP contribution in [0.1, 0.15) is 19.1 Å². The molecule has 0 amide bonds. The summed E-state index contributed by atoms with van der Waals surface area (Å²) < 4.78 is 31.5. The Bertz CT molecular complexity index is 426. The highest BCUT2D eigenvalue weighted by Crippen LogP contribution is 2.13. The molecule has 0 saturated heterocycles. The van der Waals surface area contributed by atoms with Crippen LogP contribution in [0.2, 0.25) is 0 Å².